The van der Waals surface area contributed by atoms with Crippen LogP contribution in [0.4, 0.5) is 0 Å². The van der Waals surface area contributed by atoms with Crippen molar-refractivity contribution < 1.29 is 24.4 Å². The third-order valence-electron chi connectivity index (χ3n) is 7.72. The zero-order chi connectivity index (χ0) is 28.6. The zero-order valence-electron chi connectivity index (χ0n) is 25.2. The molecule has 0 saturated carbocycles. The first-order valence-corrected chi connectivity index (χ1v) is 17.1. The van der Waals surface area contributed by atoms with E-state index in [1.54, 1.807) is 0 Å². The lowest BCUT2D eigenvalue weighted by molar-refractivity contribution is -0.0600. The summed E-state index contributed by atoms with van der Waals surface area (Å²) in [5.74, 6) is 0. The Kier molecular flexibility index (Phi) is 23.9. The van der Waals surface area contributed by atoms with Crippen LogP contribution < -0.4 is 0 Å². The van der Waals surface area contributed by atoms with E-state index < -0.39 is 24.4 Å². The number of rotatable bonds is 26. The number of hydrogen-bond donors (Lipinski definition) is 2. The van der Waals surface area contributed by atoms with Crippen molar-refractivity contribution in [1.29, 1.82) is 0 Å². The molecule has 0 unspecified atom stereocenters. The minimum Gasteiger partial charge on any atom is -0.483 e. The van der Waals surface area contributed by atoms with Crippen LogP contribution in [0.3, 0.4) is 0 Å². The molecule has 1 fully saturated rings. The predicted octanol–water partition coefficient (Wildman–Crippen LogP) is 8.79. The van der Waals surface area contributed by atoms with Gasteiger partial charge in [0.15, 0.2) is 16.2 Å². The van der Waals surface area contributed by atoms with Crippen molar-refractivity contribution in [3.05, 3.63) is 0 Å². The molecule has 0 spiro atoms. The first-order valence-electron chi connectivity index (χ1n) is 16.3. The van der Waals surface area contributed by atoms with Crippen molar-refractivity contribution in [3.8, 4) is 0 Å². The molecular weight excluding hydrogens is 528 g/mol. The molecule has 0 amide bonds. The first-order chi connectivity index (χ1) is 19.0. The highest BCUT2D eigenvalue weighted by Gasteiger charge is 2.41. The molecular formula is C32H60O5S2. The van der Waals surface area contributed by atoms with Gasteiger partial charge >= 0.3 is 0 Å². The standard InChI is InChI=1S/C32H60O5S2/c1-3-5-7-9-11-13-15-17-19-21-23-29(38)35-26-28(32-31(34)27(33)25-36-32)37-30(39)24-22-20-18-16-14-12-10-8-6-4-2/h27-28,31-34H,3-26H2,1-2H3/t27-,28+,31-,32-/m1/s1. The second-order valence-electron chi connectivity index (χ2n) is 11.4. The average Bonchev–Trinajstić information content (AvgIpc) is 3.26. The molecule has 230 valence electrons. The van der Waals surface area contributed by atoms with E-state index in [2.05, 4.69) is 13.8 Å². The van der Waals surface area contributed by atoms with Crippen LogP contribution in [0.5, 0.6) is 0 Å². The minimum absolute atomic E-state index is 0.0833. The molecule has 5 nitrogen and oxygen atoms in total. The van der Waals surface area contributed by atoms with Gasteiger partial charge in [0.1, 0.15) is 24.9 Å². The SMILES string of the molecule is CCCCCCCCCCCCC(=S)OC[C@H](OC(=S)CCCCCCCCCCCC)[C@H]1OC[C@@H](O)[C@H]1O. The maximum absolute atomic E-state index is 10.4. The van der Waals surface area contributed by atoms with Crippen LogP contribution in [0.2, 0.25) is 0 Å². The fraction of sp³-hybridized carbons (Fsp3) is 0.938. The molecule has 0 radical (unpaired) electrons. The van der Waals surface area contributed by atoms with E-state index in [4.69, 9.17) is 38.6 Å². The smallest absolute Gasteiger partial charge is 0.162 e. The highest BCUT2D eigenvalue weighted by atomic mass is 32.1. The summed E-state index contributed by atoms with van der Waals surface area (Å²) in [5.41, 5.74) is 0. The maximum Gasteiger partial charge on any atom is 0.162 e. The molecule has 0 bridgehead atoms. The average molecular weight is 589 g/mol. The third kappa shape index (κ3) is 19.4. The van der Waals surface area contributed by atoms with Crippen molar-refractivity contribution in [3.63, 3.8) is 0 Å². The van der Waals surface area contributed by atoms with Gasteiger partial charge in [-0.3, -0.25) is 0 Å². The van der Waals surface area contributed by atoms with Crippen molar-refractivity contribution in [1.82, 2.24) is 0 Å². The molecule has 0 aromatic rings. The Morgan fingerprint density at radius 2 is 1.08 bits per heavy atom. The number of ether oxygens (including phenoxy) is 3. The van der Waals surface area contributed by atoms with Gasteiger partial charge in [-0.1, -0.05) is 129 Å². The third-order valence-corrected chi connectivity index (χ3v) is 8.34. The maximum atomic E-state index is 10.4. The fourth-order valence-electron chi connectivity index (χ4n) is 5.14. The van der Waals surface area contributed by atoms with E-state index in [-0.39, 0.29) is 13.2 Å². The Bertz CT molecular complexity index is 603. The van der Waals surface area contributed by atoms with Gasteiger partial charge in [-0.25, -0.2) is 0 Å². The van der Waals surface area contributed by atoms with Gasteiger partial charge in [0, 0.05) is 12.8 Å². The quantitative estimate of drug-likeness (QED) is 0.0773. The first kappa shape index (κ1) is 36.7. The van der Waals surface area contributed by atoms with Gasteiger partial charge in [-0.15, -0.1) is 0 Å². The summed E-state index contributed by atoms with van der Waals surface area (Å²) >= 11 is 11.0. The van der Waals surface area contributed by atoms with Crippen LogP contribution >= 0.6 is 24.4 Å². The number of unbranched alkanes of at least 4 members (excludes halogenated alkanes) is 18. The highest BCUT2D eigenvalue weighted by molar-refractivity contribution is 7.80. The number of aliphatic hydroxyl groups is 2. The van der Waals surface area contributed by atoms with Crippen molar-refractivity contribution >= 4 is 34.5 Å². The lowest BCUT2D eigenvalue weighted by Crippen LogP contribution is -2.43. The molecule has 1 saturated heterocycles. The van der Waals surface area contributed by atoms with Crippen molar-refractivity contribution in [2.45, 2.75) is 180 Å². The molecule has 1 aliphatic rings. The lowest BCUT2D eigenvalue weighted by atomic mass is 10.1. The molecule has 0 aromatic carbocycles. The van der Waals surface area contributed by atoms with Crippen molar-refractivity contribution in [2.24, 2.45) is 0 Å². The molecule has 7 heteroatoms. The molecule has 0 aliphatic carbocycles. The van der Waals surface area contributed by atoms with Crippen LogP contribution in [0.1, 0.15) is 155 Å². The number of aliphatic hydroxyl groups excluding tert-OH is 2. The second-order valence-corrected chi connectivity index (χ2v) is 12.3. The van der Waals surface area contributed by atoms with E-state index in [9.17, 15) is 10.2 Å². The van der Waals surface area contributed by atoms with Crippen molar-refractivity contribution in [2.75, 3.05) is 13.2 Å². The highest BCUT2D eigenvalue weighted by Crippen LogP contribution is 2.22. The van der Waals surface area contributed by atoms with Gasteiger partial charge in [-0.05, 0) is 37.3 Å². The molecule has 0 aromatic heterocycles. The summed E-state index contributed by atoms with van der Waals surface area (Å²) in [6.45, 7) is 4.76. The van der Waals surface area contributed by atoms with Crippen LogP contribution in [-0.2, 0) is 14.2 Å². The van der Waals surface area contributed by atoms with E-state index >= 15 is 0 Å². The number of hydrogen-bond acceptors (Lipinski definition) is 7. The summed E-state index contributed by atoms with van der Waals surface area (Å²) in [7, 11) is 0. The summed E-state index contributed by atoms with van der Waals surface area (Å²) in [4.78, 5) is 0. The van der Waals surface area contributed by atoms with Gasteiger partial charge < -0.3 is 24.4 Å². The van der Waals surface area contributed by atoms with E-state index in [0.29, 0.717) is 16.5 Å². The largest absolute Gasteiger partial charge is 0.483 e. The predicted molar refractivity (Wildman–Crippen MR) is 171 cm³/mol. The van der Waals surface area contributed by atoms with Gasteiger partial charge in [0.2, 0.25) is 0 Å². The minimum atomic E-state index is -1.02. The van der Waals surface area contributed by atoms with Crippen LogP contribution in [0.15, 0.2) is 0 Å². The molecule has 1 rings (SSSR count). The number of thiocarbonyl (C=S) groups is 2. The van der Waals surface area contributed by atoms with Gasteiger partial charge in [0.05, 0.1) is 6.61 Å². The van der Waals surface area contributed by atoms with Gasteiger partial charge in [-0.2, -0.15) is 0 Å². The normalized spacial score (nSPS) is 19.7. The van der Waals surface area contributed by atoms with Crippen LogP contribution in [-0.4, -0.2) is 57.9 Å². The Hall–Kier alpha value is -0.340. The van der Waals surface area contributed by atoms with E-state index in [1.807, 2.05) is 0 Å². The van der Waals surface area contributed by atoms with Gasteiger partial charge in [0.25, 0.3) is 0 Å². The Balaban J connectivity index is 2.23. The fourth-order valence-corrected chi connectivity index (χ4v) is 5.62. The summed E-state index contributed by atoms with van der Waals surface area (Å²) in [6.07, 6.45) is 23.8. The Morgan fingerprint density at radius 3 is 1.49 bits per heavy atom. The Labute approximate surface area is 251 Å². The summed E-state index contributed by atoms with van der Waals surface area (Å²) < 4.78 is 17.5. The molecule has 4 atom stereocenters. The summed E-state index contributed by atoms with van der Waals surface area (Å²) in [5, 5.41) is 21.4. The lowest BCUT2D eigenvalue weighted by Gasteiger charge is -2.27. The monoisotopic (exact) mass is 588 g/mol. The zero-order valence-corrected chi connectivity index (χ0v) is 26.8. The second kappa shape index (κ2) is 25.4. The Morgan fingerprint density at radius 1 is 0.667 bits per heavy atom. The van der Waals surface area contributed by atoms with Crippen LogP contribution in [0.25, 0.3) is 0 Å². The summed E-state index contributed by atoms with van der Waals surface area (Å²) in [6, 6.07) is 0. The molecule has 2 N–H and O–H groups in total. The molecule has 39 heavy (non-hydrogen) atoms. The molecule has 1 aliphatic heterocycles. The van der Waals surface area contributed by atoms with Crippen LogP contribution in [0, 0.1) is 0 Å². The van der Waals surface area contributed by atoms with E-state index in [0.717, 1.165) is 32.1 Å². The molecule has 1 heterocycles. The van der Waals surface area contributed by atoms with E-state index in [1.165, 1.54) is 103 Å². The topological polar surface area (TPSA) is 68.2 Å².